The maximum atomic E-state index is 5.76. The largest absolute Gasteiger partial charge is 0.389 e. The summed E-state index contributed by atoms with van der Waals surface area (Å²) < 4.78 is 0. The van der Waals surface area contributed by atoms with Gasteiger partial charge in [-0.3, -0.25) is 0 Å². The van der Waals surface area contributed by atoms with Crippen molar-refractivity contribution < 1.29 is 0 Å². The first kappa shape index (κ1) is 13.0. The zero-order valence-electron chi connectivity index (χ0n) is 10.3. The first-order valence-electron chi connectivity index (χ1n) is 5.65. The molecule has 0 aliphatic rings. The summed E-state index contributed by atoms with van der Waals surface area (Å²) in [6.07, 6.45) is 1.76. The summed E-state index contributed by atoms with van der Waals surface area (Å²) in [5.74, 6) is 0.753. The lowest BCUT2D eigenvalue weighted by molar-refractivity contribution is 0.895. The lowest BCUT2D eigenvalue weighted by Gasteiger charge is -2.16. The molecule has 94 valence electrons. The van der Waals surface area contributed by atoms with Crippen molar-refractivity contribution in [1.29, 1.82) is 0 Å². The molecule has 0 fully saturated rings. The van der Waals surface area contributed by atoms with Gasteiger partial charge in [-0.05, 0) is 36.9 Å². The molecule has 0 radical (unpaired) electrons. The zero-order chi connectivity index (χ0) is 13.1. The number of nitrogens with zero attached hydrogens (tertiary/aromatic N) is 1. The van der Waals surface area contributed by atoms with Crippen LogP contribution in [-0.2, 0) is 0 Å². The highest BCUT2D eigenvalue weighted by Gasteiger charge is 2.13. The topological polar surface area (TPSA) is 50.9 Å². The fraction of sp³-hybridized carbons (Fsp3) is 0.231. The van der Waals surface area contributed by atoms with E-state index in [0.29, 0.717) is 4.99 Å². The minimum absolute atomic E-state index is 0.187. The van der Waals surface area contributed by atoms with Crippen LogP contribution in [0.2, 0.25) is 0 Å². The zero-order valence-corrected chi connectivity index (χ0v) is 11.9. The van der Waals surface area contributed by atoms with Crippen LogP contribution in [0.25, 0.3) is 0 Å². The highest BCUT2D eigenvalue weighted by molar-refractivity contribution is 7.80. The van der Waals surface area contributed by atoms with Gasteiger partial charge >= 0.3 is 0 Å². The molecule has 0 aliphatic carbocycles. The van der Waals surface area contributed by atoms with Crippen LogP contribution in [-0.4, -0.2) is 9.97 Å². The standard InChI is InChI=1S/C13H15N3S2/c1-8-5-6-15-13(11(8)12(14)17)16-9(2)10-4-3-7-18-10/h3-7,9H,1-2H3,(H2,14,17)(H,15,16). The summed E-state index contributed by atoms with van der Waals surface area (Å²) in [7, 11) is 0. The van der Waals surface area contributed by atoms with Crippen molar-refractivity contribution in [3.63, 3.8) is 0 Å². The molecule has 3 nitrogen and oxygen atoms in total. The molecule has 5 heteroatoms. The van der Waals surface area contributed by atoms with Gasteiger partial charge in [0.15, 0.2) is 0 Å². The minimum atomic E-state index is 0.187. The number of rotatable bonds is 4. The van der Waals surface area contributed by atoms with Crippen molar-refractivity contribution in [2.75, 3.05) is 5.32 Å². The number of nitrogens with one attached hydrogen (secondary N) is 1. The summed E-state index contributed by atoms with van der Waals surface area (Å²) in [6.45, 7) is 4.08. The molecule has 0 aromatic carbocycles. The number of nitrogens with two attached hydrogens (primary N) is 1. The fourth-order valence-corrected chi connectivity index (χ4v) is 2.78. The molecule has 2 rings (SSSR count). The average Bonchev–Trinajstić information content (AvgIpc) is 2.81. The van der Waals surface area contributed by atoms with E-state index in [0.717, 1.165) is 16.9 Å². The smallest absolute Gasteiger partial charge is 0.136 e. The molecule has 0 saturated carbocycles. The third-order valence-corrected chi connectivity index (χ3v) is 3.99. The second kappa shape index (κ2) is 5.46. The SMILES string of the molecule is Cc1ccnc(NC(C)c2cccs2)c1C(N)=S. The van der Waals surface area contributed by atoms with Crippen LogP contribution in [0.1, 0.15) is 29.0 Å². The van der Waals surface area contributed by atoms with Crippen LogP contribution in [0.15, 0.2) is 29.8 Å². The number of pyridine rings is 1. The second-order valence-corrected chi connectivity index (χ2v) is 5.52. The van der Waals surface area contributed by atoms with Gasteiger partial charge in [0.2, 0.25) is 0 Å². The monoisotopic (exact) mass is 277 g/mol. The molecule has 0 amide bonds. The third kappa shape index (κ3) is 2.68. The molecule has 0 bridgehead atoms. The number of hydrogen-bond acceptors (Lipinski definition) is 4. The van der Waals surface area contributed by atoms with E-state index >= 15 is 0 Å². The Morgan fingerprint density at radius 2 is 2.28 bits per heavy atom. The summed E-state index contributed by atoms with van der Waals surface area (Å²) in [5, 5.41) is 5.43. The molecule has 2 aromatic heterocycles. The van der Waals surface area contributed by atoms with Crippen LogP contribution in [0, 0.1) is 6.92 Å². The van der Waals surface area contributed by atoms with Crippen molar-refractivity contribution in [2.45, 2.75) is 19.9 Å². The predicted octanol–water partition coefficient (Wildman–Crippen LogP) is 3.26. The highest BCUT2D eigenvalue weighted by atomic mass is 32.1. The van der Waals surface area contributed by atoms with E-state index in [4.69, 9.17) is 18.0 Å². The number of thiocarbonyl (C=S) groups is 1. The number of anilines is 1. The van der Waals surface area contributed by atoms with Gasteiger partial charge in [-0.15, -0.1) is 11.3 Å². The Bertz CT molecular complexity index is 549. The summed E-state index contributed by atoms with van der Waals surface area (Å²) in [5.41, 5.74) is 7.63. The van der Waals surface area contributed by atoms with Crippen LogP contribution >= 0.6 is 23.6 Å². The second-order valence-electron chi connectivity index (χ2n) is 4.10. The highest BCUT2D eigenvalue weighted by Crippen LogP contribution is 2.25. The van der Waals surface area contributed by atoms with Gasteiger partial charge in [-0.1, -0.05) is 18.3 Å². The number of aryl methyl sites for hydroxylation is 1. The van der Waals surface area contributed by atoms with Crippen molar-refractivity contribution in [2.24, 2.45) is 5.73 Å². The van der Waals surface area contributed by atoms with Gasteiger partial charge < -0.3 is 11.1 Å². The van der Waals surface area contributed by atoms with Gasteiger partial charge in [-0.25, -0.2) is 4.98 Å². The van der Waals surface area contributed by atoms with Gasteiger partial charge in [0.1, 0.15) is 10.8 Å². The summed E-state index contributed by atoms with van der Waals surface area (Å²) >= 11 is 6.80. The van der Waals surface area contributed by atoms with Crippen molar-refractivity contribution in [1.82, 2.24) is 4.98 Å². The van der Waals surface area contributed by atoms with Gasteiger partial charge in [0, 0.05) is 11.1 Å². The summed E-state index contributed by atoms with van der Waals surface area (Å²) in [4.78, 5) is 5.97. The van der Waals surface area contributed by atoms with Crippen LogP contribution in [0.4, 0.5) is 5.82 Å². The summed E-state index contributed by atoms with van der Waals surface area (Å²) in [6, 6.07) is 6.23. The van der Waals surface area contributed by atoms with E-state index < -0.39 is 0 Å². The molecule has 18 heavy (non-hydrogen) atoms. The first-order chi connectivity index (χ1) is 8.59. The van der Waals surface area contributed by atoms with E-state index in [1.54, 1.807) is 17.5 Å². The van der Waals surface area contributed by atoms with E-state index in [9.17, 15) is 0 Å². The molecule has 3 N–H and O–H groups in total. The molecule has 0 aliphatic heterocycles. The van der Waals surface area contributed by atoms with Crippen molar-refractivity contribution in [3.8, 4) is 0 Å². The van der Waals surface area contributed by atoms with Crippen LogP contribution in [0.5, 0.6) is 0 Å². The molecule has 0 spiro atoms. The van der Waals surface area contributed by atoms with E-state index in [-0.39, 0.29) is 6.04 Å². The van der Waals surface area contributed by atoms with E-state index in [2.05, 4.69) is 28.7 Å². The molecule has 2 aromatic rings. The molecule has 1 unspecified atom stereocenters. The lowest BCUT2D eigenvalue weighted by atomic mass is 10.1. The van der Waals surface area contributed by atoms with Crippen LogP contribution in [0.3, 0.4) is 0 Å². The number of thiophene rings is 1. The fourth-order valence-electron chi connectivity index (χ4n) is 1.79. The maximum Gasteiger partial charge on any atom is 0.136 e. The molecule has 2 heterocycles. The third-order valence-electron chi connectivity index (χ3n) is 2.73. The molecular formula is C13H15N3S2. The Morgan fingerprint density at radius 3 is 2.89 bits per heavy atom. The first-order valence-corrected chi connectivity index (χ1v) is 6.93. The molecular weight excluding hydrogens is 262 g/mol. The van der Waals surface area contributed by atoms with Crippen molar-refractivity contribution in [3.05, 3.63) is 45.8 Å². The predicted molar refractivity (Wildman–Crippen MR) is 81.2 cm³/mol. The van der Waals surface area contributed by atoms with Gasteiger partial charge in [-0.2, -0.15) is 0 Å². The maximum absolute atomic E-state index is 5.76. The number of aromatic nitrogens is 1. The number of hydrogen-bond donors (Lipinski definition) is 2. The Balaban J connectivity index is 2.29. The Kier molecular flexibility index (Phi) is 3.93. The van der Waals surface area contributed by atoms with E-state index in [1.807, 2.05) is 19.1 Å². The van der Waals surface area contributed by atoms with Crippen molar-refractivity contribution >= 4 is 34.4 Å². The lowest BCUT2D eigenvalue weighted by Crippen LogP contribution is -2.17. The molecule has 1 atom stereocenters. The van der Waals surface area contributed by atoms with Crippen LogP contribution < -0.4 is 11.1 Å². The normalized spacial score (nSPS) is 12.1. The Labute approximate surface area is 116 Å². The Morgan fingerprint density at radius 1 is 1.50 bits per heavy atom. The minimum Gasteiger partial charge on any atom is -0.389 e. The van der Waals surface area contributed by atoms with Gasteiger partial charge in [0.05, 0.1) is 11.6 Å². The molecule has 0 saturated heterocycles. The average molecular weight is 277 g/mol. The Hall–Kier alpha value is -1.46. The van der Waals surface area contributed by atoms with E-state index in [1.165, 1.54) is 4.88 Å². The van der Waals surface area contributed by atoms with Gasteiger partial charge in [0.25, 0.3) is 0 Å². The quantitative estimate of drug-likeness (QED) is 0.842.